The van der Waals surface area contributed by atoms with Gasteiger partial charge in [-0.25, -0.2) is 22.7 Å². The van der Waals surface area contributed by atoms with E-state index in [9.17, 15) is 18.0 Å². The summed E-state index contributed by atoms with van der Waals surface area (Å²) in [6.45, 7) is 7.07. The summed E-state index contributed by atoms with van der Waals surface area (Å²) in [6.07, 6.45) is 9.81. The summed E-state index contributed by atoms with van der Waals surface area (Å²) in [5.74, 6) is 2.83. The van der Waals surface area contributed by atoms with Gasteiger partial charge in [0.05, 0.1) is 88.1 Å². The summed E-state index contributed by atoms with van der Waals surface area (Å²) in [6, 6.07) is 5.92. The van der Waals surface area contributed by atoms with Gasteiger partial charge in [-0.3, -0.25) is 14.4 Å². The predicted octanol–water partition coefficient (Wildman–Crippen LogP) is 3.14. The van der Waals surface area contributed by atoms with Gasteiger partial charge in [-0.2, -0.15) is 5.10 Å². The molecule has 1 aromatic carbocycles. The van der Waals surface area contributed by atoms with Gasteiger partial charge in [0.1, 0.15) is 18.5 Å². The number of piperidine rings is 1. The van der Waals surface area contributed by atoms with E-state index < -0.39 is 10.0 Å². The molecule has 3 aliphatic heterocycles. The minimum Gasteiger partial charge on any atom is -0.442 e. The van der Waals surface area contributed by atoms with E-state index in [0.29, 0.717) is 95.2 Å². The number of likely N-dealkylation sites (tertiary alicyclic amines) is 1. The SMILES string of the molecule is C#CCOCCOCCOCCOCCN1C(=O)O[C@H]2CN(c3nc4cc([C@@H]5CCCCN5C(=O)c5cc(Cl)ccc5NS(C)(=O)=O)nn4cc3C)C[C@H]21. The zero-order valence-corrected chi connectivity index (χ0v) is 32.0. The fraction of sp³-hybridized carbons (Fsp3) is 0.556. The van der Waals surface area contributed by atoms with Crippen LogP contribution in [-0.4, -0.2) is 142 Å². The molecule has 3 atom stereocenters. The highest BCUT2D eigenvalue weighted by Crippen LogP contribution is 2.35. The summed E-state index contributed by atoms with van der Waals surface area (Å²) in [7, 11) is -3.64. The van der Waals surface area contributed by atoms with Gasteiger partial charge in [0, 0.05) is 42.5 Å². The molecule has 5 heterocycles. The lowest BCUT2D eigenvalue weighted by Gasteiger charge is -2.35. The number of amides is 2. The maximum Gasteiger partial charge on any atom is 0.410 e. The molecule has 2 amide bonds. The Hall–Kier alpha value is -4.18. The van der Waals surface area contributed by atoms with E-state index >= 15 is 0 Å². The van der Waals surface area contributed by atoms with Crippen LogP contribution in [0.5, 0.6) is 0 Å². The third kappa shape index (κ3) is 9.73. The Morgan fingerprint density at radius 2 is 1.78 bits per heavy atom. The van der Waals surface area contributed by atoms with Gasteiger partial charge >= 0.3 is 6.09 Å². The number of anilines is 2. The van der Waals surface area contributed by atoms with E-state index in [2.05, 4.69) is 15.5 Å². The summed E-state index contributed by atoms with van der Waals surface area (Å²) in [5.41, 5.74) is 2.54. The van der Waals surface area contributed by atoms with Crippen molar-refractivity contribution in [2.24, 2.45) is 0 Å². The third-order valence-corrected chi connectivity index (χ3v) is 10.3. The van der Waals surface area contributed by atoms with E-state index in [1.807, 2.05) is 19.2 Å². The van der Waals surface area contributed by atoms with Crippen LogP contribution in [0.1, 0.15) is 46.9 Å². The minimum absolute atomic E-state index is 0.146. The van der Waals surface area contributed by atoms with Gasteiger partial charge in [0.25, 0.3) is 5.91 Å². The molecule has 3 fully saturated rings. The quantitative estimate of drug-likeness (QED) is 0.148. The zero-order valence-electron chi connectivity index (χ0n) is 30.4. The van der Waals surface area contributed by atoms with Crippen LogP contribution < -0.4 is 9.62 Å². The van der Waals surface area contributed by atoms with E-state index in [4.69, 9.17) is 51.8 Å². The molecule has 0 unspecified atom stereocenters. The molecule has 3 aliphatic rings. The van der Waals surface area contributed by atoms with Crippen LogP contribution in [0.2, 0.25) is 5.02 Å². The summed E-state index contributed by atoms with van der Waals surface area (Å²) >= 11 is 6.25. The predicted molar refractivity (Wildman–Crippen MR) is 200 cm³/mol. The second kappa shape index (κ2) is 18.0. The molecular weight excluding hydrogens is 742 g/mol. The number of sulfonamides is 1. The average molecular weight is 788 g/mol. The molecule has 3 saturated heterocycles. The first-order valence-corrected chi connectivity index (χ1v) is 20.2. The number of hydrogen-bond donors (Lipinski definition) is 1. The number of aromatic nitrogens is 3. The number of hydrogen-bond acceptors (Lipinski definition) is 12. The van der Waals surface area contributed by atoms with Crippen molar-refractivity contribution < 1.29 is 41.7 Å². The number of carbonyl (C=O) groups is 2. The van der Waals surface area contributed by atoms with E-state index in [0.717, 1.165) is 30.5 Å². The zero-order chi connectivity index (χ0) is 38.2. The first kappa shape index (κ1) is 39.5. The summed E-state index contributed by atoms with van der Waals surface area (Å²) in [5, 5.41) is 5.17. The van der Waals surface area contributed by atoms with Crippen LogP contribution in [-0.2, 0) is 33.7 Å². The smallest absolute Gasteiger partial charge is 0.410 e. The molecule has 292 valence electrons. The van der Waals surface area contributed by atoms with Crippen molar-refractivity contribution in [2.75, 3.05) is 94.9 Å². The van der Waals surface area contributed by atoms with Gasteiger partial charge in [-0.1, -0.05) is 17.5 Å². The number of benzene rings is 1. The fourth-order valence-electron chi connectivity index (χ4n) is 7.01. The number of fused-ring (bicyclic) bond motifs is 2. The van der Waals surface area contributed by atoms with Crippen LogP contribution in [0.4, 0.5) is 16.3 Å². The second-order valence-corrected chi connectivity index (χ2v) is 15.6. The molecular formula is C36H46ClN7O9S. The van der Waals surface area contributed by atoms with Crippen molar-refractivity contribution in [1.29, 1.82) is 0 Å². The first-order chi connectivity index (χ1) is 26.0. The van der Waals surface area contributed by atoms with Crippen LogP contribution in [0.15, 0.2) is 30.5 Å². The van der Waals surface area contributed by atoms with Gasteiger partial charge in [-0.05, 0) is 44.4 Å². The van der Waals surface area contributed by atoms with E-state index in [1.54, 1.807) is 14.3 Å². The van der Waals surface area contributed by atoms with Crippen LogP contribution in [0, 0.1) is 19.3 Å². The van der Waals surface area contributed by atoms with Gasteiger partial charge < -0.3 is 33.5 Å². The molecule has 0 aliphatic carbocycles. The first-order valence-electron chi connectivity index (χ1n) is 17.9. The third-order valence-electron chi connectivity index (χ3n) is 9.44. The molecule has 6 rings (SSSR count). The standard InChI is InChI=1S/C36H46ClN7O9S/c1-4-12-49-14-16-51-18-19-52-17-15-50-13-11-43-31-23-41(24-32(31)53-36(43)46)34-25(2)22-44-33(38-34)21-29(39-44)30-7-5-6-10-42(30)35(45)27-20-26(37)8-9-28(27)40-54(3,47)48/h1,8-9,20-22,30-32,40H,5-7,10-19,23-24H2,2-3H3/t30-,31+,32-/m0/s1. The Morgan fingerprint density at radius 3 is 2.50 bits per heavy atom. The monoisotopic (exact) mass is 787 g/mol. The number of halogens is 1. The highest BCUT2D eigenvalue weighted by molar-refractivity contribution is 7.92. The van der Waals surface area contributed by atoms with Crippen molar-refractivity contribution in [3.63, 3.8) is 0 Å². The number of nitrogens with zero attached hydrogens (tertiary/aromatic N) is 6. The molecule has 18 heteroatoms. The van der Waals surface area contributed by atoms with Gasteiger partial charge in [0.15, 0.2) is 5.65 Å². The molecule has 3 aromatic rings. The fourth-order valence-corrected chi connectivity index (χ4v) is 7.76. The lowest BCUT2D eigenvalue weighted by molar-refractivity contribution is -0.000440. The van der Waals surface area contributed by atoms with Crippen molar-refractivity contribution >= 4 is 50.8 Å². The van der Waals surface area contributed by atoms with Crippen LogP contribution in [0.3, 0.4) is 0 Å². The normalized spacial score (nSPS) is 20.0. The highest BCUT2D eigenvalue weighted by Gasteiger charge is 2.48. The van der Waals surface area contributed by atoms with E-state index in [-0.39, 0.29) is 48.0 Å². The molecule has 1 N–H and O–H groups in total. The highest BCUT2D eigenvalue weighted by atomic mass is 35.5. The average Bonchev–Trinajstić information content (AvgIpc) is 3.82. The van der Waals surface area contributed by atoms with Crippen LogP contribution in [0.25, 0.3) is 5.65 Å². The molecule has 54 heavy (non-hydrogen) atoms. The lowest BCUT2D eigenvalue weighted by Crippen LogP contribution is -2.40. The van der Waals surface area contributed by atoms with Crippen LogP contribution >= 0.6 is 11.6 Å². The van der Waals surface area contributed by atoms with Crippen molar-refractivity contribution in [2.45, 2.75) is 44.4 Å². The largest absolute Gasteiger partial charge is 0.442 e. The Bertz CT molecular complexity index is 1960. The molecule has 0 saturated carbocycles. The summed E-state index contributed by atoms with van der Waals surface area (Å²) in [4.78, 5) is 37.3. The van der Waals surface area contributed by atoms with Crippen molar-refractivity contribution in [3.05, 3.63) is 52.3 Å². The Labute approximate surface area is 320 Å². The Balaban J connectivity index is 1.05. The molecule has 16 nitrogen and oxygen atoms in total. The van der Waals surface area contributed by atoms with E-state index in [1.165, 1.54) is 18.2 Å². The van der Waals surface area contributed by atoms with Gasteiger partial charge in [-0.15, -0.1) is 6.42 Å². The maximum atomic E-state index is 14.0. The van der Waals surface area contributed by atoms with Gasteiger partial charge in [0.2, 0.25) is 10.0 Å². The topological polar surface area (TPSA) is 166 Å². The molecule has 0 bridgehead atoms. The molecule has 2 aromatic heterocycles. The maximum absolute atomic E-state index is 14.0. The van der Waals surface area contributed by atoms with Crippen molar-refractivity contribution in [3.8, 4) is 12.3 Å². The number of nitrogens with one attached hydrogen (secondary N) is 1. The number of carbonyl (C=O) groups excluding carboxylic acids is 2. The second-order valence-electron chi connectivity index (χ2n) is 13.4. The van der Waals surface area contributed by atoms with Crippen molar-refractivity contribution in [1.82, 2.24) is 24.4 Å². The lowest BCUT2D eigenvalue weighted by atomic mass is 9.98. The molecule has 0 radical (unpaired) electrons. The Morgan fingerprint density at radius 1 is 1.06 bits per heavy atom. The number of rotatable bonds is 18. The molecule has 0 spiro atoms. The minimum atomic E-state index is -3.64. The summed E-state index contributed by atoms with van der Waals surface area (Å²) < 4.78 is 55.8. The number of ether oxygens (including phenoxy) is 5. The number of aryl methyl sites for hydroxylation is 1. The Kier molecular flexibility index (Phi) is 13.1. The number of terminal acetylenes is 1.